The van der Waals surface area contributed by atoms with Crippen molar-refractivity contribution in [3.05, 3.63) is 44.2 Å². The summed E-state index contributed by atoms with van der Waals surface area (Å²) in [5.74, 6) is -1.48. The van der Waals surface area contributed by atoms with Crippen LogP contribution in [0.25, 0.3) is 0 Å². The highest BCUT2D eigenvalue weighted by molar-refractivity contribution is 7.18. The molecule has 10 heteroatoms. The van der Waals surface area contributed by atoms with Gasteiger partial charge in [-0.25, -0.2) is 9.59 Å². The summed E-state index contributed by atoms with van der Waals surface area (Å²) in [7, 11) is 0. The van der Waals surface area contributed by atoms with Gasteiger partial charge in [0.05, 0.1) is 23.8 Å². The molecule has 1 heterocycles. The quantitative estimate of drug-likeness (QED) is 0.534. The van der Waals surface area contributed by atoms with Gasteiger partial charge in [-0.15, -0.1) is 11.3 Å². The predicted octanol–water partition coefficient (Wildman–Crippen LogP) is 5.12. The summed E-state index contributed by atoms with van der Waals surface area (Å²) >= 11 is 12.9. The van der Waals surface area contributed by atoms with Gasteiger partial charge in [-0.05, 0) is 51.5 Å². The van der Waals surface area contributed by atoms with E-state index in [4.69, 9.17) is 37.4 Å². The van der Waals surface area contributed by atoms with E-state index in [1.54, 1.807) is 32.9 Å². The van der Waals surface area contributed by atoms with E-state index in [2.05, 4.69) is 5.32 Å². The molecule has 0 bridgehead atoms. The number of rotatable bonds is 8. The Bertz CT molecular complexity index is 959. The van der Waals surface area contributed by atoms with E-state index in [9.17, 15) is 14.4 Å². The molecule has 0 aliphatic rings. The Hall–Kier alpha value is -2.29. The zero-order valence-corrected chi connectivity index (χ0v) is 19.2. The summed E-state index contributed by atoms with van der Waals surface area (Å²) in [4.78, 5) is 37.5. The second-order valence-corrected chi connectivity index (χ2v) is 7.89. The average molecular weight is 474 g/mol. The maximum atomic E-state index is 12.7. The molecule has 0 fully saturated rings. The van der Waals surface area contributed by atoms with Gasteiger partial charge in [0.1, 0.15) is 15.6 Å². The van der Waals surface area contributed by atoms with E-state index < -0.39 is 23.9 Å². The van der Waals surface area contributed by atoms with Crippen LogP contribution in [-0.4, -0.2) is 37.2 Å². The van der Waals surface area contributed by atoms with Crippen molar-refractivity contribution < 1.29 is 28.6 Å². The molecule has 0 radical (unpaired) electrons. The molecule has 2 rings (SSSR count). The van der Waals surface area contributed by atoms with Crippen LogP contribution in [0.2, 0.25) is 10.0 Å². The number of carbonyl (C=O) groups is 3. The Morgan fingerprint density at radius 3 is 2.33 bits per heavy atom. The predicted molar refractivity (Wildman–Crippen MR) is 116 cm³/mol. The van der Waals surface area contributed by atoms with Crippen molar-refractivity contribution in [2.45, 2.75) is 33.8 Å². The smallest absolute Gasteiger partial charge is 0.348 e. The lowest BCUT2D eigenvalue weighted by Crippen LogP contribution is -2.30. The third kappa shape index (κ3) is 5.65. The van der Waals surface area contributed by atoms with Gasteiger partial charge in [0.2, 0.25) is 0 Å². The molecule has 1 atom stereocenters. The van der Waals surface area contributed by atoms with Crippen molar-refractivity contribution in [1.82, 2.24) is 0 Å². The van der Waals surface area contributed by atoms with E-state index in [1.165, 1.54) is 13.0 Å². The Kier molecular flexibility index (Phi) is 8.52. The van der Waals surface area contributed by atoms with E-state index in [0.717, 1.165) is 11.3 Å². The maximum absolute atomic E-state index is 12.7. The molecule has 1 aromatic carbocycles. The molecular weight excluding hydrogens is 453 g/mol. The van der Waals surface area contributed by atoms with Crippen molar-refractivity contribution in [2.75, 3.05) is 18.5 Å². The van der Waals surface area contributed by atoms with Crippen LogP contribution in [0.4, 0.5) is 5.00 Å². The summed E-state index contributed by atoms with van der Waals surface area (Å²) < 4.78 is 15.7. The van der Waals surface area contributed by atoms with Crippen LogP contribution < -0.4 is 10.1 Å². The zero-order chi connectivity index (χ0) is 22.4. The van der Waals surface area contributed by atoms with Crippen LogP contribution in [0.3, 0.4) is 0 Å². The SMILES string of the molecule is CCOC(=O)c1sc(NC(=O)C(C)Oc2ccc(Cl)cc2Cl)c(C(=O)OCC)c1C. The number of hydrogen-bond acceptors (Lipinski definition) is 7. The first-order valence-corrected chi connectivity index (χ1v) is 10.7. The zero-order valence-electron chi connectivity index (χ0n) is 16.8. The molecule has 0 spiro atoms. The number of carbonyl (C=O) groups excluding carboxylic acids is 3. The molecule has 1 N–H and O–H groups in total. The molecule has 30 heavy (non-hydrogen) atoms. The lowest BCUT2D eigenvalue weighted by molar-refractivity contribution is -0.122. The van der Waals surface area contributed by atoms with Gasteiger partial charge in [-0.1, -0.05) is 23.2 Å². The minimum Gasteiger partial charge on any atom is -0.479 e. The van der Waals surface area contributed by atoms with E-state index in [1.807, 2.05) is 0 Å². The molecule has 7 nitrogen and oxygen atoms in total. The highest BCUT2D eigenvalue weighted by Gasteiger charge is 2.28. The largest absolute Gasteiger partial charge is 0.479 e. The summed E-state index contributed by atoms with van der Waals surface area (Å²) in [5.41, 5.74) is 0.483. The van der Waals surface area contributed by atoms with Crippen molar-refractivity contribution >= 4 is 57.4 Å². The Balaban J connectivity index is 2.28. The molecule has 2 aromatic rings. The number of benzene rings is 1. The second kappa shape index (κ2) is 10.7. The topological polar surface area (TPSA) is 90.9 Å². The van der Waals surface area contributed by atoms with Gasteiger partial charge in [0, 0.05) is 5.02 Å². The molecular formula is C20H21Cl2NO6S. The molecule has 0 aliphatic carbocycles. The Labute approximate surface area is 188 Å². The summed E-state index contributed by atoms with van der Waals surface area (Å²) in [5, 5.41) is 3.50. The molecule has 162 valence electrons. The van der Waals surface area contributed by atoms with Crippen LogP contribution in [-0.2, 0) is 14.3 Å². The molecule has 0 aliphatic heterocycles. The number of esters is 2. The number of ether oxygens (including phenoxy) is 3. The van der Waals surface area contributed by atoms with E-state index in [-0.39, 0.29) is 39.4 Å². The Morgan fingerprint density at radius 2 is 1.73 bits per heavy atom. The first kappa shape index (κ1) is 24.0. The lowest BCUT2D eigenvalue weighted by atomic mass is 10.1. The highest BCUT2D eigenvalue weighted by atomic mass is 35.5. The fourth-order valence-electron chi connectivity index (χ4n) is 2.47. The highest BCUT2D eigenvalue weighted by Crippen LogP contribution is 2.35. The van der Waals surface area contributed by atoms with Crippen LogP contribution >= 0.6 is 34.5 Å². The van der Waals surface area contributed by atoms with Gasteiger partial charge in [0.15, 0.2) is 6.10 Å². The number of nitrogens with one attached hydrogen (secondary N) is 1. The third-order valence-electron chi connectivity index (χ3n) is 3.89. The lowest BCUT2D eigenvalue weighted by Gasteiger charge is -2.15. The number of hydrogen-bond donors (Lipinski definition) is 1. The minimum absolute atomic E-state index is 0.106. The minimum atomic E-state index is -0.952. The summed E-state index contributed by atoms with van der Waals surface area (Å²) in [6.07, 6.45) is -0.952. The number of amides is 1. The van der Waals surface area contributed by atoms with Crippen molar-refractivity contribution in [1.29, 1.82) is 0 Å². The third-order valence-corrected chi connectivity index (χ3v) is 5.61. The van der Waals surface area contributed by atoms with Gasteiger partial charge >= 0.3 is 11.9 Å². The molecule has 1 aromatic heterocycles. The monoisotopic (exact) mass is 473 g/mol. The second-order valence-electron chi connectivity index (χ2n) is 6.03. The van der Waals surface area contributed by atoms with E-state index >= 15 is 0 Å². The summed E-state index contributed by atoms with van der Waals surface area (Å²) in [6.45, 7) is 6.78. The van der Waals surface area contributed by atoms with Crippen LogP contribution in [0.5, 0.6) is 5.75 Å². The first-order chi connectivity index (χ1) is 14.2. The van der Waals surface area contributed by atoms with Crippen LogP contribution in [0.1, 0.15) is 46.4 Å². The molecule has 0 saturated heterocycles. The summed E-state index contributed by atoms with van der Waals surface area (Å²) in [6, 6.07) is 4.63. The normalized spacial score (nSPS) is 11.5. The van der Waals surface area contributed by atoms with Gasteiger partial charge in [0.25, 0.3) is 5.91 Å². The molecule has 1 unspecified atom stereocenters. The van der Waals surface area contributed by atoms with Gasteiger partial charge < -0.3 is 19.5 Å². The van der Waals surface area contributed by atoms with Gasteiger partial charge in [-0.3, -0.25) is 4.79 Å². The van der Waals surface area contributed by atoms with Crippen LogP contribution in [0, 0.1) is 6.92 Å². The van der Waals surface area contributed by atoms with Crippen molar-refractivity contribution in [3.63, 3.8) is 0 Å². The Morgan fingerprint density at radius 1 is 1.10 bits per heavy atom. The number of anilines is 1. The number of halogens is 2. The van der Waals surface area contributed by atoms with E-state index in [0.29, 0.717) is 10.6 Å². The standard InChI is InChI=1S/C20H21Cl2NO6S/c1-5-27-19(25)15-10(3)16(20(26)28-6-2)30-18(15)23-17(24)11(4)29-14-8-7-12(21)9-13(14)22/h7-9,11H,5-6H2,1-4H3,(H,23,24). The van der Waals surface area contributed by atoms with Crippen molar-refractivity contribution in [3.8, 4) is 5.75 Å². The average Bonchev–Trinajstić information content (AvgIpc) is 3.00. The maximum Gasteiger partial charge on any atom is 0.348 e. The first-order valence-electron chi connectivity index (χ1n) is 9.09. The van der Waals surface area contributed by atoms with Crippen molar-refractivity contribution in [2.24, 2.45) is 0 Å². The van der Waals surface area contributed by atoms with Gasteiger partial charge in [-0.2, -0.15) is 0 Å². The fourth-order valence-corrected chi connectivity index (χ4v) is 4.01. The van der Waals surface area contributed by atoms with Crippen LogP contribution in [0.15, 0.2) is 18.2 Å². The fraction of sp³-hybridized carbons (Fsp3) is 0.350. The number of thiophene rings is 1. The molecule has 1 amide bonds. The molecule has 0 saturated carbocycles.